The van der Waals surface area contributed by atoms with E-state index in [0.29, 0.717) is 25.5 Å². The standard InChI is InChI=1S/C20H23N3O2/c1-23(13-8-14-24-18-11-6-3-7-12-18)16-20-21-19(22-25-20)15-17-9-4-2-5-10-17/h2-7,9-12H,8,13-16H2,1H3. The minimum absolute atomic E-state index is 0.646. The fourth-order valence-corrected chi connectivity index (χ4v) is 2.56. The topological polar surface area (TPSA) is 51.4 Å². The fourth-order valence-electron chi connectivity index (χ4n) is 2.56. The predicted octanol–water partition coefficient (Wildman–Crippen LogP) is 3.56. The third kappa shape index (κ3) is 5.72. The minimum atomic E-state index is 0.646. The van der Waals surface area contributed by atoms with Gasteiger partial charge in [-0.25, -0.2) is 0 Å². The Kier molecular flexibility index (Phi) is 6.17. The average Bonchev–Trinajstić information content (AvgIpc) is 3.07. The third-order valence-electron chi connectivity index (χ3n) is 3.82. The van der Waals surface area contributed by atoms with Crippen LogP contribution in [0.3, 0.4) is 0 Å². The van der Waals surface area contributed by atoms with Crippen molar-refractivity contribution in [2.75, 3.05) is 20.2 Å². The molecular weight excluding hydrogens is 314 g/mol. The van der Waals surface area contributed by atoms with E-state index in [1.807, 2.05) is 55.6 Å². The molecule has 0 saturated heterocycles. The minimum Gasteiger partial charge on any atom is -0.494 e. The summed E-state index contributed by atoms with van der Waals surface area (Å²) in [6.07, 6.45) is 1.63. The zero-order valence-electron chi connectivity index (χ0n) is 14.5. The van der Waals surface area contributed by atoms with Gasteiger partial charge in [0, 0.05) is 13.0 Å². The molecule has 130 valence electrons. The number of hydrogen-bond acceptors (Lipinski definition) is 5. The zero-order valence-corrected chi connectivity index (χ0v) is 14.5. The van der Waals surface area contributed by atoms with Crippen molar-refractivity contribution in [1.29, 1.82) is 0 Å². The quantitative estimate of drug-likeness (QED) is 0.559. The monoisotopic (exact) mass is 337 g/mol. The van der Waals surface area contributed by atoms with E-state index in [-0.39, 0.29) is 0 Å². The van der Waals surface area contributed by atoms with Crippen molar-refractivity contribution in [3.63, 3.8) is 0 Å². The largest absolute Gasteiger partial charge is 0.494 e. The molecule has 2 aromatic carbocycles. The van der Waals surface area contributed by atoms with Crippen molar-refractivity contribution in [1.82, 2.24) is 15.0 Å². The molecule has 0 aliphatic rings. The normalized spacial score (nSPS) is 11.0. The Hall–Kier alpha value is -2.66. The Labute approximate surface area is 148 Å². The maximum Gasteiger partial charge on any atom is 0.240 e. The number of nitrogens with zero attached hydrogens (tertiary/aromatic N) is 3. The summed E-state index contributed by atoms with van der Waals surface area (Å²) < 4.78 is 11.0. The molecule has 0 N–H and O–H groups in total. The van der Waals surface area contributed by atoms with E-state index < -0.39 is 0 Å². The summed E-state index contributed by atoms with van der Waals surface area (Å²) in [5, 5.41) is 4.06. The molecule has 5 heteroatoms. The van der Waals surface area contributed by atoms with Gasteiger partial charge >= 0.3 is 0 Å². The summed E-state index contributed by atoms with van der Waals surface area (Å²) in [4.78, 5) is 6.63. The highest BCUT2D eigenvalue weighted by atomic mass is 16.5. The molecule has 25 heavy (non-hydrogen) atoms. The van der Waals surface area contributed by atoms with Crippen molar-refractivity contribution >= 4 is 0 Å². The molecule has 0 fully saturated rings. The first kappa shape index (κ1) is 17.2. The van der Waals surface area contributed by atoms with Gasteiger partial charge in [0.25, 0.3) is 0 Å². The fraction of sp³-hybridized carbons (Fsp3) is 0.300. The van der Waals surface area contributed by atoms with Crippen LogP contribution in [0.15, 0.2) is 65.2 Å². The van der Waals surface area contributed by atoms with Gasteiger partial charge in [-0.3, -0.25) is 4.90 Å². The summed E-state index contributed by atoms with van der Waals surface area (Å²) in [5.41, 5.74) is 1.18. The van der Waals surface area contributed by atoms with E-state index in [9.17, 15) is 0 Å². The van der Waals surface area contributed by atoms with Crippen LogP contribution >= 0.6 is 0 Å². The lowest BCUT2D eigenvalue weighted by atomic mass is 10.1. The third-order valence-corrected chi connectivity index (χ3v) is 3.82. The lowest BCUT2D eigenvalue weighted by molar-refractivity contribution is 0.235. The summed E-state index contributed by atoms with van der Waals surface area (Å²) in [7, 11) is 2.05. The Morgan fingerprint density at radius 3 is 2.48 bits per heavy atom. The van der Waals surface area contributed by atoms with Crippen molar-refractivity contribution in [3.8, 4) is 5.75 Å². The Balaban J connectivity index is 1.38. The van der Waals surface area contributed by atoms with Crippen LogP contribution in [-0.2, 0) is 13.0 Å². The molecule has 0 amide bonds. The summed E-state index contributed by atoms with van der Waals surface area (Å²) in [6.45, 7) is 2.24. The van der Waals surface area contributed by atoms with E-state index in [0.717, 1.165) is 24.5 Å². The number of aromatic nitrogens is 2. The first-order chi connectivity index (χ1) is 12.3. The Morgan fingerprint density at radius 2 is 1.72 bits per heavy atom. The number of rotatable bonds is 9. The van der Waals surface area contributed by atoms with Gasteiger partial charge < -0.3 is 9.26 Å². The summed E-state index contributed by atoms with van der Waals surface area (Å²) >= 11 is 0. The second kappa shape index (κ2) is 8.99. The van der Waals surface area contributed by atoms with Crippen molar-refractivity contribution in [2.24, 2.45) is 0 Å². The highest BCUT2D eigenvalue weighted by Gasteiger charge is 2.09. The van der Waals surface area contributed by atoms with Gasteiger partial charge in [-0.15, -0.1) is 0 Å². The number of benzene rings is 2. The molecule has 0 saturated carbocycles. The molecule has 0 bridgehead atoms. The van der Waals surface area contributed by atoms with E-state index in [1.54, 1.807) is 0 Å². The van der Waals surface area contributed by atoms with Gasteiger partial charge in [-0.2, -0.15) is 4.98 Å². The Bertz CT molecular complexity index is 744. The zero-order chi connectivity index (χ0) is 17.3. The van der Waals surface area contributed by atoms with Gasteiger partial charge in [0.2, 0.25) is 5.89 Å². The highest BCUT2D eigenvalue weighted by molar-refractivity contribution is 5.20. The smallest absolute Gasteiger partial charge is 0.240 e. The molecule has 1 aromatic heterocycles. The molecule has 0 radical (unpaired) electrons. The Morgan fingerprint density at radius 1 is 1.00 bits per heavy atom. The molecular formula is C20H23N3O2. The lowest BCUT2D eigenvalue weighted by Gasteiger charge is -2.14. The van der Waals surface area contributed by atoms with Crippen LogP contribution in [0.25, 0.3) is 0 Å². The van der Waals surface area contributed by atoms with E-state index in [1.165, 1.54) is 5.56 Å². The van der Waals surface area contributed by atoms with Gasteiger partial charge in [0.05, 0.1) is 13.2 Å². The van der Waals surface area contributed by atoms with Gasteiger partial charge in [-0.1, -0.05) is 53.7 Å². The van der Waals surface area contributed by atoms with Crippen LogP contribution in [0.1, 0.15) is 23.7 Å². The SMILES string of the molecule is CN(CCCOc1ccccc1)Cc1nc(Cc2ccccc2)no1. The van der Waals surface area contributed by atoms with Crippen LogP contribution in [0, 0.1) is 0 Å². The van der Waals surface area contributed by atoms with E-state index >= 15 is 0 Å². The molecule has 0 unspecified atom stereocenters. The van der Waals surface area contributed by atoms with E-state index in [2.05, 4.69) is 27.2 Å². The lowest BCUT2D eigenvalue weighted by Crippen LogP contribution is -2.21. The van der Waals surface area contributed by atoms with Gasteiger partial charge in [-0.05, 0) is 31.2 Å². The molecule has 0 aliphatic carbocycles. The maximum atomic E-state index is 5.70. The molecule has 0 spiro atoms. The predicted molar refractivity (Wildman–Crippen MR) is 96.4 cm³/mol. The second-order valence-electron chi connectivity index (χ2n) is 6.02. The van der Waals surface area contributed by atoms with Crippen molar-refractivity contribution in [3.05, 3.63) is 77.9 Å². The molecule has 3 rings (SSSR count). The van der Waals surface area contributed by atoms with Crippen LogP contribution in [0.2, 0.25) is 0 Å². The molecule has 3 aromatic rings. The van der Waals surface area contributed by atoms with E-state index in [4.69, 9.17) is 9.26 Å². The molecule has 0 aliphatic heterocycles. The molecule has 5 nitrogen and oxygen atoms in total. The maximum absolute atomic E-state index is 5.70. The molecule has 1 heterocycles. The summed E-state index contributed by atoms with van der Waals surface area (Å²) in [5.74, 6) is 2.28. The van der Waals surface area contributed by atoms with Crippen LogP contribution in [0.5, 0.6) is 5.75 Å². The number of hydrogen-bond donors (Lipinski definition) is 0. The van der Waals surface area contributed by atoms with Crippen LogP contribution < -0.4 is 4.74 Å². The highest BCUT2D eigenvalue weighted by Crippen LogP contribution is 2.10. The number of ether oxygens (including phenoxy) is 1. The van der Waals surface area contributed by atoms with Crippen molar-refractivity contribution < 1.29 is 9.26 Å². The van der Waals surface area contributed by atoms with Crippen LogP contribution in [-0.4, -0.2) is 35.2 Å². The first-order valence-corrected chi connectivity index (χ1v) is 8.51. The van der Waals surface area contributed by atoms with Crippen molar-refractivity contribution in [2.45, 2.75) is 19.4 Å². The second-order valence-corrected chi connectivity index (χ2v) is 6.02. The number of para-hydroxylation sites is 1. The summed E-state index contributed by atoms with van der Waals surface area (Å²) in [6, 6.07) is 20.0. The molecule has 0 atom stereocenters. The van der Waals surface area contributed by atoms with Gasteiger partial charge in [0.1, 0.15) is 5.75 Å². The van der Waals surface area contributed by atoms with Crippen LogP contribution in [0.4, 0.5) is 0 Å². The first-order valence-electron chi connectivity index (χ1n) is 8.51. The van der Waals surface area contributed by atoms with Gasteiger partial charge in [0.15, 0.2) is 5.82 Å². The average molecular weight is 337 g/mol.